The third-order valence-electron chi connectivity index (χ3n) is 3.37. The fourth-order valence-electron chi connectivity index (χ4n) is 2.13. The van der Waals surface area contributed by atoms with Gasteiger partial charge in [-0.15, -0.1) is 0 Å². The zero-order valence-corrected chi connectivity index (χ0v) is 13.9. The highest BCUT2D eigenvalue weighted by Crippen LogP contribution is 2.21. The number of carbonyl (C=O) groups excluding carboxylic acids is 1. The number of carbonyl (C=O) groups is 1. The topological polar surface area (TPSA) is 77.3 Å². The van der Waals surface area contributed by atoms with Gasteiger partial charge in [-0.05, 0) is 30.3 Å². The van der Waals surface area contributed by atoms with Crippen LogP contribution in [0.3, 0.4) is 0 Å². The molecule has 0 saturated heterocycles. The van der Waals surface area contributed by atoms with Crippen molar-refractivity contribution in [2.45, 2.75) is 6.54 Å². The zero-order chi connectivity index (χ0) is 17.8. The number of methoxy groups -OCH3 is 1. The molecule has 0 aliphatic rings. The van der Waals surface area contributed by atoms with Gasteiger partial charge in [-0.25, -0.2) is 4.39 Å². The van der Waals surface area contributed by atoms with Gasteiger partial charge in [-0.2, -0.15) is 4.98 Å². The molecule has 0 bridgehead atoms. The molecule has 1 heterocycles. The number of nitrogens with zero attached hydrogens (tertiary/aromatic N) is 2. The van der Waals surface area contributed by atoms with Gasteiger partial charge in [0, 0.05) is 10.6 Å². The summed E-state index contributed by atoms with van der Waals surface area (Å²) >= 11 is 5.66. The van der Waals surface area contributed by atoms with Crippen molar-refractivity contribution in [1.82, 2.24) is 15.5 Å². The molecule has 1 N–H and O–H groups in total. The maximum Gasteiger partial charge on any atom is 0.254 e. The van der Waals surface area contributed by atoms with Crippen LogP contribution >= 0.6 is 11.6 Å². The summed E-state index contributed by atoms with van der Waals surface area (Å²) in [7, 11) is 1.56. The molecule has 0 fully saturated rings. The molecule has 0 radical (unpaired) electrons. The summed E-state index contributed by atoms with van der Waals surface area (Å²) in [5.41, 5.74) is 0.598. The van der Waals surface area contributed by atoms with E-state index < -0.39 is 11.7 Å². The first-order valence-corrected chi connectivity index (χ1v) is 7.65. The minimum Gasteiger partial charge on any atom is -0.497 e. The molecule has 25 heavy (non-hydrogen) atoms. The van der Waals surface area contributed by atoms with Crippen molar-refractivity contribution in [2.75, 3.05) is 7.11 Å². The third-order valence-corrected chi connectivity index (χ3v) is 3.61. The molecule has 0 aliphatic carbocycles. The molecule has 8 heteroatoms. The van der Waals surface area contributed by atoms with Gasteiger partial charge >= 0.3 is 0 Å². The van der Waals surface area contributed by atoms with Gasteiger partial charge in [0.05, 0.1) is 19.2 Å². The number of rotatable bonds is 5. The number of amides is 1. The third kappa shape index (κ3) is 3.95. The summed E-state index contributed by atoms with van der Waals surface area (Å²) in [6, 6.07) is 11.0. The smallest absolute Gasteiger partial charge is 0.254 e. The van der Waals surface area contributed by atoms with E-state index in [0.29, 0.717) is 17.1 Å². The fraction of sp³-hybridized carbons (Fsp3) is 0.118. The Morgan fingerprint density at radius 3 is 2.92 bits per heavy atom. The highest BCUT2D eigenvalue weighted by atomic mass is 35.5. The molecular weight excluding hydrogens is 349 g/mol. The Kier molecular flexibility index (Phi) is 4.95. The lowest BCUT2D eigenvalue weighted by Crippen LogP contribution is -2.24. The number of halogens is 2. The van der Waals surface area contributed by atoms with Crippen LogP contribution < -0.4 is 10.1 Å². The number of nitrogens with one attached hydrogen (secondary N) is 1. The van der Waals surface area contributed by atoms with E-state index in [2.05, 4.69) is 15.5 Å². The van der Waals surface area contributed by atoms with E-state index in [1.54, 1.807) is 31.4 Å². The first-order chi connectivity index (χ1) is 12.1. The highest BCUT2D eigenvalue weighted by molar-refractivity contribution is 6.30. The Hall–Kier alpha value is -2.93. The van der Waals surface area contributed by atoms with Crippen molar-refractivity contribution in [2.24, 2.45) is 0 Å². The lowest BCUT2D eigenvalue weighted by Gasteiger charge is -2.03. The summed E-state index contributed by atoms with van der Waals surface area (Å²) < 4.78 is 24.0. The van der Waals surface area contributed by atoms with Crippen LogP contribution in [-0.4, -0.2) is 23.2 Å². The lowest BCUT2D eigenvalue weighted by atomic mass is 10.2. The molecule has 6 nitrogen and oxygen atoms in total. The summed E-state index contributed by atoms with van der Waals surface area (Å²) in [6.45, 7) is -0.0299. The monoisotopic (exact) mass is 361 g/mol. The van der Waals surface area contributed by atoms with E-state index in [9.17, 15) is 9.18 Å². The molecule has 1 aromatic heterocycles. The molecule has 128 valence electrons. The Labute approximate surface area is 147 Å². The number of hydrogen-bond donors (Lipinski definition) is 1. The predicted octanol–water partition coefficient (Wildman–Crippen LogP) is 3.47. The Morgan fingerprint density at radius 1 is 1.32 bits per heavy atom. The Morgan fingerprint density at radius 2 is 2.16 bits per heavy atom. The van der Waals surface area contributed by atoms with Crippen LogP contribution in [0.15, 0.2) is 47.0 Å². The lowest BCUT2D eigenvalue weighted by molar-refractivity contribution is 0.0942. The van der Waals surface area contributed by atoms with Gasteiger partial charge in [0.25, 0.3) is 5.91 Å². The molecule has 2 aromatic carbocycles. The van der Waals surface area contributed by atoms with E-state index in [1.807, 2.05) is 0 Å². The average molecular weight is 362 g/mol. The maximum absolute atomic E-state index is 13.7. The Balaban J connectivity index is 1.68. The van der Waals surface area contributed by atoms with Gasteiger partial charge < -0.3 is 14.6 Å². The predicted molar refractivity (Wildman–Crippen MR) is 88.9 cm³/mol. The second kappa shape index (κ2) is 7.31. The normalized spacial score (nSPS) is 10.5. The van der Waals surface area contributed by atoms with E-state index in [-0.39, 0.29) is 23.0 Å². The van der Waals surface area contributed by atoms with E-state index in [0.717, 1.165) is 6.07 Å². The zero-order valence-electron chi connectivity index (χ0n) is 13.1. The van der Waals surface area contributed by atoms with E-state index in [1.165, 1.54) is 12.1 Å². The van der Waals surface area contributed by atoms with E-state index >= 15 is 0 Å². The van der Waals surface area contributed by atoms with Crippen LogP contribution in [0, 0.1) is 5.82 Å². The summed E-state index contributed by atoms with van der Waals surface area (Å²) in [5.74, 6) is -0.0837. The van der Waals surface area contributed by atoms with Crippen molar-refractivity contribution in [3.8, 4) is 17.1 Å². The second-order valence-corrected chi connectivity index (χ2v) is 5.49. The van der Waals surface area contributed by atoms with Crippen molar-refractivity contribution in [3.05, 3.63) is 64.8 Å². The van der Waals surface area contributed by atoms with Crippen molar-refractivity contribution in [1.29, 1.82) is 0 Å². The SMILES string of the molecule is COc1cccc(-c2noc(CNC(=O)c3ccc(Cl)cc3F)n2)c1. The van der Waals surface area contributed by atoms with Crippen LogP contribution in [0.5, 0.6) is 5.75 Å². The van der Waals surface area contributed by atoms with Gasteiger partial charge in [-0.1, -0.05) is 28.9 Å². The van der Waals surface area contributed by atoms with Crippen LogP contribution in [0.4, 0.5) is 4.39 Å². The largest absolute Gasteiger partial charge is 0.497 e. The molecule has 0 aliphatic heterocycles. The Bertz CT molecular complexity index is 914. The van der Waals surface area contributed by atoms with Gasteiger partial charge in [0.15, 0.2) is 0 Å². The summed E-state index contributed by atoms with van der Waals surface area (Å²) in [4.78, 5) is 16.2. The highest BCUT2D eigenvalue weighted by Gasteiger charge is 2.14. The first kappa shape index (κ1) is 16.9. The van der Waals surface area contributed by atoms with Crippen molar-refractivity contribution >= 4 is 17.5 Å². The minimum atomic E-state index is -0.701. The van der Waals surface area contributed by atoms with Crippen LogP contribution in [0.2, 0.25) is 5.02 Å². The first-order valence-electron chi connectivity index (χ1n) is 7.27. The molecule has 1 amide bonds. The molecule has 3 aromatic rings. The maximum atomic E-state index is 13.7. The van der Waals surface area contributed by atoms with Crippen LogP contribution in [-0.2, 0) is 6.54 Å². The number of hydrogen-bond acceptors (Lipinski definition) is 5. The van der Waals surface area contributed by atoms with Crippen molar-refractivity contribution in [3.63, 3.8) is 0 Å². The molecular formula is C17H13ClFN3O3. The number of ether oxygens (including phenoxy) is 1. The quantitative estimate of drug-likeness (QED) is 0.753. The summed E-state index contributed by atoms with van der Waals surface area (Å²) in [5, 5.41) is 6.59. The van der Waals surface area contributed by atoms with Gasteiger partial charge in [0.1, 0.15) is 11.6 Å². The van der Waals surface area contributed by atoms with Gasteiger partial charge in [0.2, 0.25) is 11.7 Å². The standard InChI is InChI=1S/C17H13ClFN3O3/c1-24-12-4-2-3-10(7-12)16-21-15(25-22-16)9-20-17(23)13-6-5-11(18)8-14(13)19/h2-8H,9H2,1H3,(H,20,23). The minimum absolute atomic E-state index is 0.0299. The number of benzene rings is 2. The van der Waals surface area contributed by atoms with Crippen LogP contribution in [0.1, 0.15) is 16.2 Å². The molecule has 0 atom stereocenters. The molecule has 0 spiro atoms. The molecule has 0 unspecified atom stereocenters. The van der Waals surface area contributed by atoms with Crippen LogP contribution in [0.25, 0.3) is 11.4 Å². The average Bonchev–Trinajstić information content (AvgIpc) is 3.09. The molecule has 3 rings (SSSR count). The fourth-order valence-corrected chi connectivity index (χ4v) is 2.29. The van der Waals surface area contributed by atoms with Gasteiger partial charge in [-0.3, -0.25) is 4.79 Å². The summed E-state index contributed by atoms with van der Waals surface area (Å²) in [6.07, 6.45) is 0. The van der Waals surface area contributed by atoms with Crippen molar-refractivity contribution < 1.29 is 18.4 Å². The second-order valence-electron chi connectivity index (χ2n) is 5.05. The molecule has 0 saturated carbocycles. The van der Waals surface area contributed by atoms with E-state index in [4.69, 9.17) is 20.9 Å². The number of aromatic nitrogens is 2.